The summed E-state index contributed by atoms with van der Waals surface area (Å²) in [4.78, 5) is 4.46. The average molecular weight is 277 g/mol. The van der Waals surface area contributed by atoms with Crippen LogP contribution in [0.3, 0.4) is 0 Å². The van der Waals surface area contributed by atoms with E-state index in [9.17, 15) is 0 Å². The fraction of sp³-hybridized carbons (Fsp3) is 0.812. The highest BCUT2D eigenvalue weighted by Crippen LogP contribution is 2.43. The molecule has 0 aromatic carbocycles. The molecule has 4 nitrogen and oxygen atoms in total. The summed E-state index contributed by atoms with van der Waals surface area (Å²) >= 11 is 0. The Hall–Kier alpha value is -0.870. The number of nitrogens with one attached hydrogen (secondary N) is 1. The molecule has 112 valence electrons. The van der Waals surface area contributed by atoms with Gasteiger partial charge >= 0.3 is 0 Å². The van der Waals surface area contributed by atoms with E-state index in [1.54, 1.807) is 0 Å². The van der Waals surface area contributed by atoms with E-state index in [1.165, 1.54) is 38.5 Å². The van der Waals surface area contributed by atoms with E-state index in [2.05, 4.69) is 34.9 Å². The van der Waals surface area contributed by atoms with Gasteiger partial charge in [0.15, 0.2) is 0 Å². The molecule has 0 amide bonds. The lowest BCUT2D eigenvalue weighted by Crippen LogP contribution is -2.26. The molecule has 1 unspecified atom stereocenters. The molecule has 1 aromatic rings. The van der Waals surface area contributed by atoms with Gasteiger partial charge in [0.2, 0.25) is 0 Å². The predicted octanol–water partition coefficient (Wildman–Crippen LogP) is 2.87. The maximum absolute atomic E-state index is 6.36. The van der Waals surface area contributed by atoms with Crippen LogP contribution < -0.4 is 5.32 Å². The van der Waals surface area contributed by atoms with Crippen molar-refractivity contribution in [3.05, 3.63) is 18.2 Å². The molecule has 3 rings (SSSR count). The van der Waals surface area contributed by atoms with E-state index in [0.717, 1.165) is 18.8 Å². The summed E-state index contributed by atoms with van der Waals surface area (Å²) in [6, 6.07) is 0.501. The van der Waals surface area contributed by atoms with Gasteiger partial charge in [0.25, 0.3) is 0 Å². The van der Waals surface area contributed by atoms with E-state index in [-0.39, 0.29) is 5.60 Å². The van der Waals surface area contributed by atoms with Gasteiger partial charge in [0.05, 0.1) is 23.7 Å². The van der Waals surface area contributed by atoms with Crippen molar-refractivity contribution >= 4 is 0 Å². The summed E-state index contributed by atoms with van der Waals surface area (Å²) in [5.41, 5.74) is 1.36. The molecule has 0 bridgehead atoms. The van der Waals surface area contributed by atoms with E-state index in [4.69, 9.17) is 4.74 Å². The Morgan fingerprint density at radius 2 is 2.20 bits per heavy atom. The summed E-state index contributed by atoms with van der Waals surface area (Å²) < 4.78 is 8.55. The number of imidazole rings is 1. The molecule has 1 aliphatic carbocycles. The summed E-state index contributed by atoms with van der Waals surface area (Å²) in [5, 5.41) is 3.40. The van der Waals surface area contributed by atoms with E-state index in [0.29, 0.717) is 12.1 Å². The highest BCUT2D eigenvalue weighted by Gasteiger charge is 2.42. The highest BCUT2D eigenvalue weighted by atomic mass is 16.5. The minimum atomic E-state index is 0.243. The van der Waals surface area contributed by atoms with Crippen LogP contribution in [-0.4, -0.2) is 27.3 Å². The van der Waals surface area contributed by atoms with Gasteiger partial charge in [-0.05, 0) is 25.7 Å². The van der Waals surface area contributed by atoms with E-state index < -0.39 is 0 Å². The van der Waals surface area contributed by atoms with E-state index >= 15 is 0 Å². The van der Waals surface area contributed by atoms with Crippen LogP contribution in [-0.2, 0) is 17.8 Å². The number of nitrogens with zero attached hydrogens (tertiary/aromatic N) is 2. The van der Waals surface area contributed by atoms with Gasteiger partial charge in [0.1, 0.15) is 0 Å². The topological polar surface area (TPSA) is 39.1 Å². The molecule has 2 fully saturated rings. The highest BCUT2D eigenvalue weighted by molar-refractivity contribution is 4.98. The zero-order chi connectivity index (χ0) is 14.0. The predicted molar refractivity (Wildman–Crippen MR) is 79.5 cm³/mol. The third-order valence-electron chi connectivity index (χ3n) is 4.65. The number of hydrogen-bond acceptors (Lipinski definition) is 3. The lowest BCUT2D eigenvalue weighted by Gasteiger charge is -2.23. The van der Waals surface area contributed by atoms with Crippen LogP contribution in [0.25, 0.3) is 0 Å². The standard InChI is InChI=1S/C16H27N3O/c1-13(2)17-9-14-10-19(12-18-14)11-15-5-8-16(20-15)6-3-4-7-16/h10,12-13,15,17H,3-9,11H2,1-2H3. The zero-order valence-electron chi connectivity index (χ0n) is 12.8. The van der Waals surface area contributed by atoms with Crippen molar-refractivity contribution in [2.24, 2.45) is 0 Å². The monoisotopic (exact) mass is 277 g/mol. The fourth-order valence-electron chi connectivity index (χ4n) is 3.55. The first kappa shape index (κ1) is 14.1. The van der Waals surface area contributed by atoms with Crippen LogP contribution in [0.1, 0.15) is 58.1 Å². The van der Waals surface area contributed by atoms with Crippen molar-refractivity contribution in [3.8, 4) is 0 Å². The molecule has 2 heterocycles. The first-order valence-electron chi connectivity index (χ1n) is 8.07. The molecule has 1 aliphatic heterocycles. The quantitative estimate of drug-likeness (QED) is 0.899. The van der Waals surface area contributed by atoms with Crippen molar-refractivity contribution in [1.82, 2.24) is 14.9 Å². The average Bonchev–Trinajstić information content (AvgIpc) is 3.12. The molecule has 4 heteroatoms. The van der Waals surface area contributed by atoms with Crippen molar-refractivity contribution in [3.63, 3.8) is 0 Å². The summed E-state index contributed by atoms with van der Waals surface area (Å²) in [7, 11) is 0. The molecule has 2 aliphatic rings. The Morgan fingerprint density at radius 1 is 1.40 bits per heavy atom. The van der Waals surface area contributed by atoms with Crippen molar-refractivity contribution in [1.29, 1.82) is 0 Å². The van der Waals surface area contributed by atoms with Gasteiger partial charge in [0, 0.05) is 25.3 Å². The summed E-state index contributed by atoms with van der Waals surface area (Å²) in [6.07, 6.45) is 12.2. The Balaban J connectivity index is 1.51. The third-order valence-corrected chi connectivity index (χ3v) is 4.65. The van der Waals surface area contributed by atoms with Crippen LogP contribution in [0.5, 0.6) is 0 Å². The second kappa shape index (κ2) is 5.86. The van der Waals surface area contributed by atoms with Crippen molar-refractivity contribution < 1.29 is 4.74 Å². The molecule has 1 saturated heterocycles. The Labute approximate surface area is 121 Å². The Morgan fingerprint density at radius 3 is 2.95 bits per heavy atom. The Kier molecular flexibility index (Phi) is 4.13. The third kappa shape index (κ3) is 3.23. The van der Waals surface area contributed by atoms with Crippen molar-refractivity contribution in [2.75, 3.05) is 0 Å². The molecule has 1 N–H and O–H groups in total. The molecule has 1 saturated carbocycles. The van der Waals surface area contributed by atoms with Gasteiger partial charge < -0.3 is 14.6 Å². The van der Waals surface area contributed by atoms with Crippen LogP contribution in [0.2, 0.25) is 0 Å². The second-order valence-electron chi connectivity index (χ2n) is 6.77. The van der Waals surface area contributed by atoms with Gasteiger partial charge in [-0.1, -0.05) is 26.7 Å². The first-order valence-corrected chi connectivity index (χ1v) is 8.07. The van der Waals surface area contributed by atoms with Crippen LogP contribution in [0, 0.1) is 0 Å². The SMILES string of the molecule is CC(C)NCc1cn(CC2CCC3(CCCC3)O2)cn1. The fourth-order valence-corrected chi connectivity index (χ4v) is 3.55. The van der Waals surface area contributed by atoms with Gasteiger partial charge in [-0.3, -0.25) is 0 Å². The first-order chi connectivity index (χ1) is 9.65. The van der Waals surface area contributed by atoms with E-state index in [1.807, 2.05) is 6.33 Å². The lowest BCUT2D eigenvalue weighted by atomic mass is 9.98. The molecule has 1 spiro atoms. The maximum atomic E-state index is 6.36. The van der Waals surface area contributed by atoms with Crippen LogP contribution in [0.15, 0.2) is 12.5 Å². The van der Waals surface area contributed by atoms with Gasteiger partial charge in [-0.15, -0.1) is 0 Å². The molecule has 0 radical (unpaired) electrons. The zero-order valence-corrected chi connectivity index (χ0v) is 12.8. The molecule has 1 aromatic heterocycles. The molecular formula is C16H27N3O. The molecule has 20 heavy (non-hydrogen) atoms. The smallest absolute Gasteiger partial charge is 0.0950 e. The van der Waals surface area contributed by atoms with Crippen LogP contribution >= 0.6 is 0 Å². The second-order valence-corrected chi connectivity index (χ2v) is 6.77. The van der Waals surface area contributed by atoms with Gasteiger partial charge in [-0.2, -0.15) is 0 Å². The lowest BCUT2D eigenvalue weighted by molar-refractivity contribution is -0.0418. The summed E-state index contributed by atoms with van der Waals surface area (Å²) in [5.74, 6) is 0. The maximum Gasteiger partial charge on any atom is 0.0950 e. The Bertz CT molecular complexity index is 435. The minimum Gasteiger partial charge on any atom is -0.370 e. The number of aromatic nitrogens is 2. The number of ether oxygens (including phenoxy) is 1. The summed E-state index contributed by atoms with van der Waals surface area (Å²) in [6.45, 7) is 6.12. The van der Waals surface area contributed by atoms with Crippen molar-refractivity contribution in [2.45, 2.75) is 83.2 Å². The van der Waals surface area contributed by atoms with Gasteiger partial charge in [-0.25, -0.2) is 4.98 Å². The molecular weight excluding hydrogens is 250 g/mol. The molecule has 1 atom stereocenters. The number of hydrogen-bond donors (Lipinski definition) is 1. The largest absolute Gasteiger partial charge is 0.370 e. The van der Waals surface area contributed by atoms with Crippen LogP contribution in [0.4, 0.5) is 0 Å². The normalized spacial score (nSPS) is 25.1. The minimum absolute atomic E-state index is 0.243. The number of rotatable bonds is 5.